The molecule has 0 amide bonds. The van der Waals surface area contributed by atoms with Gasteiger partial charge < -0.3 is 15.1 Å². The lowest BCUT2D eigenvalue weighted by Gasteiger charge is -2.44. The van der Waals surface area contributed by atoms with Crippen molar-refractivity contribution in [1.82, 2.24) is 24.5 Å². The predicted molar refractivity (Wildman–Crippen MR) is 125 cm³/mol. The predicted octanol–water partition coefficient (Wildman–Crippen LogP) is 2.16. The van der Waals surface area contributed by atoms with Crippen molar-refractivity contribution in [2.24, 2.45) is 4.99 Å². The Bertz CT molecular complexity index is 672. The second-order valence-corrected chi connectivity index (χ2v) is 10.2. The monoisotopic (exact) mass is 437 g/mol. The van der Waals surface area contributed by atoms with Crippen LogP contribution in [0.25, 0.3) is 0 Å². The molecule has 2 aliphatic heterocycles. The molecule has 0 atom stereocenters. The fourth-order valence-electron chi connectivity index (χ4n) is 4.88. The average Bonchev–Trinajstić information content (AvgIpc) is 3.46. The zero-order valence-corrected chi connectivity index (χ0v) is 19.5. The normalized spacial score (nSPS) is 23.6. The maximum Gasteiger partial charge on any atom is 0.205 e. The minimum absolute atomic E-state index is 0.335. The first kappa shape index (κ1) is 21.2. The van der Waals surface area contributed by atoms with Crippen LogP contribution in [0.1, 0.15) is 38.4 Å². The molecule has 3 fully saturated rings. The van der Waals surface area contributed by atoms with Crippen molar-refractivity contribution in [2.45, 2.75) is 44.6 Å². The summed E-state index contributed by atoms with van der Waals surface area (Å²) in [4.78, 5) is 16.8. The zero-order valence-electron chi connectivity index (χ0n) is 17.9. The van der Waals surface area contributed by atoms with Crippen LogP contribution < -0.4 is 10.2 Å². The molecule has 162 valence electrons. The Morgan fingerprint density at radius 2 is 1.83 bits per heavy atom. The van der Waals surface area contributed by atoms with Crippen molar-refractivity contribution < 1.29 is 0 Å². The van der Waals surface area contributed by atoms with E-state index in [1.165, 1.54) is 61.8 Å². The number of anilines is 1. The molecule has 29 heavy (non-hydrogen) atoms. The number of thioether (sulfide) groups is 1. The molecule has 4 rings (SSSR count). The molecule has 1 N–H and O–H groups in total. The first-order valence-electron chi connectivity index (χ1n) is 11.1. The maximum atomic E-state index is 4.65. The quantitative estimate of drug-likeness (QED) is 0.559. The summed E-state index contributed by atoms with van der Waals surface area (Å²) in [5.41, 5.74) is 0.335. The van der Waals surface area contributed by atoms with Gasteiger partial charge in [-0.2, -0.15) is 16.1 Å². The van der Waals surface area contributed by atoms with Crippen LogP contribution in [-0.4, -0.2) is 95.0 Å². The van der Waals surface area contributed by atoms with Gasteiger partial charge in [-0.05, 0) is 12.8 Å². The van der Waals surface area contributed by atoms with E-state index < -0.39 is 0 Å². The summed E-state index contributed by atoms with van der Waals surface area (Å²) in [7, 11) is 1.92. The maximum absolute atomic E-state index is 4.65. The molecule has 1 aromatic heterocycles. The Morgan fingerprint density at radius 3 is 2.45 bits per heavy atom. The van der Waals surface area contributed by atoms with Gasteiger partial charge in [-0.15, -0.1) is 0 Å². The number of nitrogens with zero attached hydrogens (tertiary/aromatic N) is 6. The molecule has 3 heterocycles. The van der Waals surface area contributed by atoms with Crippen LogP contribution in [0.3, 0.4) is 0 Å². The van der Waals surface area contributed by atoms with Gasteiger partial charge in [-0.3, -0.25) is 9.89 Å². The third kappa shape index (κ3) is 4.82. The van der Waals surface area contributed by atoms with E-state index in [0.717, 1.165) is 56.1 Å². The SMILES string of the molecule is CCc1nsc(N2CCN(C(=NC)NCC3(N4CCSCC4)CCCC3)CC2)n1. The van der Waals surface area contributed by atoms with Gasteiger partial charge in [0.25, 0.3) is 0 Å². The molecule has 1 saturated carbocycles. The number of aromatic nitrogens is 2. The fraction of sp³-hybridized carbons (Fsp3) is 0.850. The third-order valence-corrected chi connectivity index (χ3v) is 8.38. The summed E-state index contributed by atoms with van der Waals surface area (Å²) in [5, 5.41) is 4.84. The molecule has 0 radical (unpaired) electrons. The Labute approximate surface area is 183 Å². The molecular weight excluding hydrogens is 402 g/mol. The molecule has 2 saturated heterocycles. The van der Waals surface area contributed by atoms with Crippen molar-refractivity contribution in [3.05, 3.63) is 5.82 Å². The molecule has 3 aliphatic rings. The highest BCUT2D eigenvalue weighted by molar-refractivity contribution is 7.99. The largest absolute Gasteiger partial charge is 0.354 e. The average molecular weight is 438 g/mol. The topological polar surface area (TPSA) is 59.9 Å². The lowest BCUT2D eigenvalue weighted by Crippen LogP contribution is -2.59. The molecular formula is C20H35N7S2. The zero-order chi connectivity index (χ0) is 20.1. The first-order chi connectivity index (χ1) is 14.2. The Morgan fingerprint density at radius 1 is 1.10 bits per heavy atom. The summed E-state index contributed by atoms with van der Waals surface area (Å²) in [6.07, 6.45) is 6.29. The van der Waals surface area contributed by atoms with E-state index in [0.29, 0.717) is 5.54 Å². The van der Waals surface area contributed by atoms with Gasteiger partial charge in [0.1, 0.15) is 5.82 Å². The number of aryl methyl sites for hydroxylation is 1. The molecule has 1 aliphatic carbocycles. The van der Waals surface area contributed by atoms with Crippen LogP contribution in [0.4, 0.5) is 5.13 Å². The van der Waals surface area contributed by atoms with E-state index in [1.54, 1.807) is 0 Å². The van der Waals surface area contributed by atoms with Gasteiger partial charge >= 0.3 is 0 Å². The molecule has 0 bridgehead atoms. The van der Waals surface area contributed by atoms with Crippen molar-refractivity contribution in [3.63, 3.8) is 0 Å². The summed E-state index contributed by atoms with van der Waals surface area (Å²) < 4.78 is 4.44. The second-order valence-electron chi connectivity index (χ2n) is 8.25. The van der Waals surface area contributed by atoms with E-state index in [1.807, 2.05) is 7.05 Å². The standard InChI is InChI=1S/C20H35N7S2/c1-3-17-23-19(29-24-17)26-10-8-25(9-11-26)18(21-2)22-16-20(6-4-5-7-20)27-12-14-28-15-13-27/h3-16H2,1-2H3,(H,21,22). The lowest BCUT2D eigenvalue weighted by molar-refractivity contribution is 0.106. The number of piperazine rings is 1. The number of rotatable bonds is 5. The van der Waals surface area contributed by atoms with Crippen LogP contribution in [0.2, 0.25) is 0 Å². The van der Waals surface area contributed by atoms with E-state index in [9.17, 15) is 0 Å². The molecule has 1 aromatic rings. The van der Waals surface area contributed by atoms with Crippen molar-refractivity contribution >= 4 is 34.4 Å². The van der Waals surface area contributed by atoms with Crippen LogP contribution in [0, 0.1) is 0 Å². The summed E-state index contributed by atoms with van der Waals surface area (Å²) >= 11 is 3.63. The highest BCUT2D eigenvalue weighted by Gasteiger charge is 2.40. The fourth-order valence-corrected chi connectivity index (χ4v) is 6.58. The van der Waals surface area contributed by atoms with E-state index >= 15 is 0 Å². The van der Waals surface area contributed by atoms with Crippen molar-refractivity contribution in [3.8, 4) is 0 Å². The highest BCUT2D eigenvalue weighted by atomic mass is 32.2. The minimum atomic E-state index is 0.335. The van der Waals surface area contributed by atoms with Gasteiger partial charge in [0.15, 0.2) is 5.96 Å². The van der Waals surface area contributed by atoms with Crippen LogP contribution in [0.15, 0.2) is 4.99 Å². The minimum Gasteiger partial charge on any atom is -0.354 e. The summed E-state index contributed by atoms with van der Waals surface area (Å²) in [6.45, 7) is 9.54. The number of hydrogen-bond donors (Lipinski definition) is 1. The van der Waals surface area contributed by atoms with E-state index in [2.05, 4.69) is 53.1 Å². The molecule has 0 unspecified atom stereocenters. The van der Waals surface area contributed by atoms with Crippen molar-refractivity contribution in [2.75, 3.05) is 69.3 Å². The molecule has 0 spiro atoms. The third-order valence-electron chi connectivity index (χ3n) is 6.63. The van der Waals surface area contributed by atoms with E-state index in [-0.39, 0.29) is 0 Å². The lowest BCUT2D eigenvalue weighted by atomic mass is 9.94. The van der Waals surface area contributed by atoms with Gasteiger partial charge in [0, 0.05) is 87.9 Å². The Kier molecular flexibility index (Phi) is 7.18. The Hall–Kier alpha value is -1.06. The number of aliphatic imine (C=N–C) groups is 1. The van der Waals surface area contributed by atoms with Crippen LogP contribution >= 0.6 is 23.3 Å². The van der Waals surface area contributed by atoms with E-state index in [4.69, 9.17) is 0 Å². The Balaban J connectivity index is 1.32. The van der Waals surface area contributed by atoms with Gasteiger partial charge in [-0.25, -0.2) is 4.98 Å². The van der Waals surface area contributed by atoms with Crippen LogP contribution in [-0.2, 0) is 6.42 Å². The van der Waals surface area contributed by atoms with Crippen LogP contribution in [0.5, 0.6) is 0 Å². The van der Waals surface area contributed by atoms with Crippen molar-refractivity contribution in [1.29, 1.82) is 0 Å². The second kappa shape index (κ2) is 9.83. The first-order valence-corrected chi connectivity index (χ1v) is 13.0. The molecule has 7 nitrogen and oxygen atoms in total. The number of hydrogen-bond acceptors (Lipinski definition) is 7. The molecule has 9 heteroatoms. The number of nitrogens with one attached hydrogen (secondary N) is 1. The van der Waals surface area contributed by atoms with Gasteiger partial charge in [-0.1, -0.05) is 19.8 Å². The summed E-state index contributed by atoms with van der Waals surface area (Å²) in [6, 6.07) is 0. The summed E-state index contributed by atoms with van der Waals surface area (Å²) in [5.74, 6) is 4.59. The molecule has 0 aromatic carbocycles. The number of guanidine groups is 1. The van der Waals surface area contributed by atoms with Gasteiger partial charge in [0.05, 0.1) is 0 Å². The highest BCUT2D eigenvalue weighted by Crippen LogP contribution is 2.36. The van der Waals surface area contributed by atoms with Gasteiger partial charge in [0.2, 0.25) is 5.13 Å². The smallest absolute Gasteiger partial charge is 0.205 e.